The highest BCUT2D eigenvalue weighted by Crippen LogP contribution is 2.16. The van der Waals surface area contributed by atoms with E-state index in [9.17, 15) is 19.7 Å². The molecule has 0 aromatic heterocycles. The molecular weight excluding hydrogens is 366 g/mol. The Labute approximate surface area is 152 Å². The zero-order valence-corrected chi connectivity index (χ0v) is 14.5. The van der Waals surface area contributed by atoms with E-state index in [1.807, 2.05) is 18.2 Å². The number of hydrogen-bond acceptors (Lipinski definition) is 5. The van der Waals surface area contributed by atoms with Crippen LogP contribution in [0.1, 0.15) is 15.9 Å². The minimum absolute atomic E-state index is 0.113. The second-order valence-electron chi connectivity index (χ2n) is 4.93. The number of nitrogens with zero attached hydrogens (tertiary/aromatic N) is 1. The average Bonchev–Trinajstić information content (AvgIpc) is 2.60. The van der Waals surface area contributed by atoms with Crippen LogP contribution in [0.4, 0.5) is 5.69 Å². The molecule has 25 heavy (non-hydrogen) atoms. The summed E-state index contributed by atoms with van der Waals surface area (Å²) >= 11 is 7.26. The van der Waals surface area contributed by atoms with E-state index in [1.165, 1.54) is 36.0 Å². The molecule has 2 rings (SSSR count). The molecule has 0 aliphatic carbocycles. The standard InChI is InChI=1S/C16H14ClN3O4S/c17-13-3-1-2-11(8-13)9-25-10-15(21)18-19-16(22)12-4-6-14(7-5-12)20(23)24/h1-8H,9-10H2,(H,18,21)(H,19,22). The van der Waals surface area contributed by atoms with Crippen LogP contribution in [0.15, 0.2) is 48.5 Å². The summed E-state index contributed by atoms with van der Waals surface area (Å²) in [7, 11) is 0. The first-order valence-corrected chi connectivity index (χ1v) is 8.65. The van der Waals surface area contributed by atoms with Crippen molar-refractivity contribution in [1.29, 1.82) is 0 Å². The van der Waals surface area contributed by atoms with Crippen molar-refractivity contribution in [2.75, 3.05) is 5.75 Å². The first-order chi connectivity index (χ1) is 12.0. The van der Waals surface area contributed by atoms with Gasteiger partial charge < -0.3 is 0 Å². The van der Waals surface area contributed by atoms with Crippen LogP contribution in [0.5, 0.6) is 0 Å². The summed E-state index contributed by atoms with van der Waals surface area (Å²) in [6, 6.07) is 12.4. The Hall–Kier alpha value is -2.58. The maximum absolute atomic E-state index is 11.8. The molecule has 2 amide bonds. The van der Waals surface area contributed by atoms with E-state index in [4.69, 9.17) is 11.6 Å². The fraction of sp³-hybridized carbons (Fsp3) is 0.125. The molecule has 0 spiro atoms. The second-order valence-corrected chi connectivity index (χ2v) is 6.35. The van der Waals surface area contributed by atoms with Gasteiger partial charge in [-0.15, -0.1) is 11.8 Å². The normalized spacial score (nSPS) is 10.1. The fourth-order valence-electron chi connectivity index (χ4n) is 1.86. The van der Waals surface area contributed by atoms with Crippen LogP contribution in [0.2, 0.25) is 5.02 Å². The van der Waals surface area contributed by atoms with Gasteiger partial charge in [-0.25, -0.2) is 0 Å². The van der Waals surface area contributed by atoms with Gasteiger partial charge in [0.05, 0.1) is 10.7 Å². The van der Waals surface area contributed by atoms with E-state index < -0.39 is 10.8 Å². The van der Waals surface area contributed by atoms with Crippen molar-refractivity contribution in [2.45, 2.75) is 5.75 Å². The van der Waals surface area contributed by atoms with Gasteiger partial charge in [0, 0.05) is 28.5 Å². The number of halogens is 1. The Bertz CT molecular complexity index is 783. The van der Waals surface area contributed by atoms with Crippen LogP contribution in [-0.4, -0.2) is 22.5 Å². The summed E-state index contributed by atoms with van der Waals surface area (Å²) in [5, 5.41) is 11.2. The molecule has 0 fully saturated rings. The van der Waals surface area contributed by atoms with Crippen LogP contribution in [-0.2, 0) is 10.5 Å². The lowest BCUT2D eigenvalue weighted by atomic mass is 10.2. The van der Waals surface area contributed by atoms with E-state index in [0.717, 1.165) is 5.56 Å². The first-order valence-electron chi connectivity index (χ1n) is 7.11. The van der Waals surface area contributed by atoms with Crippen molar-refractivity contribution < 1.29 is 14.5 Å². The Kier molecular flexibility index (Phi) is 6.79. The van der Waals surface area contributed by atoms with Crippen LogP contribution >= 0.6 is 23.4 Å². The summed E-state index contributed by atoms with van der Waals surface area (Å²) in [5.74, 6) is -0.137. The van der Waals surface area contributed by atoms with E-state index in [0.29, 0.717) is 10.8 Å². The molecule has 2 aromatic carbocycles. The minimum atomic E-state index is -0.555. The van der Waals surface area contributed by atoms with Gasteiger partial charge in [-0.05, 0) is 29.8 Å². The highest BCUT2D eigenvalue weighted by Gasteiger charge is 2.10. The molecule has 0 saturated heterocycles. The second kappa shape index (κ2) is 9.05. The number of hydrazine groups is 1. The van der Waals surface area contributed by atoms with Crippen molar-refractivity contribution in [3.63, 3.8) is 0 Å². The van der Waals surface area contributed by atoms with Gasteiger partial charge in [-0.3, -0.25) is 30.6 Å². The largest absolute Gasteiger partial charge is 0.272 e. The minimum Gasteiger partial charge on any atom is -0.272 e. The summed E-state index contributed by atoms with van der Waals surface area (Å²) in [4.78, 5) is 33.6. The van der Waals surface area contributed by atoms with Crippen LogP contribution in [0.25, 0.3) is 0 Å². The highest BCUT2D eigenvalue weighted by atomic mass is 35.5. The van der Waals surface area contributed by atoms with Crippen molar-refractivity contribution in [2.24, 2.45) is 0 Å². The third kappa shape index (κ3) is 6.09. The van der Waals surface area contributed by atoms with Gasteiger partial charge in [0.15, 0.2) is 0 Å². The number of hydrogen-bond donors (Lipinski definition) is 2. The molecule has 0 atom stereocenters. The molecule has 0 aliphatic heterocycles. The number of nitro groups is 1. The number of carbonyl (C=O) groups is 2. The zero-order chi connectivity index (χ0) is 18.2. The molecule has 0 bridgehead atoms. The third-order valence-electron chi connectivity index (χ3n) is 3.05. The maximum Gasteiger partial charge on any atom is 0.269 e. The third-order valence-corrected chi connectivity index (χ3v) is 4.29. The molecule has 2 aromatic rings. The molecule has 0 saturated carbocycles. The van der Waals surface area contributed by atoms with E-state index in [-0.39, 0.29) is 22.9 Å². The molecule has 0 aliphatic rings. The quantitative estimate of drug-likeness (QED) is 0.593. The lowest BCUT2D eigenvalue weighted by molar-refractivity contribution is -0.384. The van der Waals surface area contributed by atoms with Crippen molar-refractivity contribution >= 4 is 40.9 Å². The zero-order valence-electron chi connectivity index (χ0n) is 12.9. The first kappa shape index (κ1) is 18.8. The Morgan fingerprint density at radius 1 is 1.12 bits per heavy atom. The van der Waals surface area contributed by atoms with Gasteiger partial charge in [0.2, 0.25) is 5.91 Å². The van der Waals surface area contributed by atoms with Gasteiger partial charge in [-0.1, -0.05) is 23.7 Å². The molecule has 2 N–H and O–H groups in total. The number of rotatable bonds is 6. The number of carbonyl (C=O) groups excluding carboxylic acids is 2. The number of nitro benzene ring substituents is 1. The monoisotopic (exact) mass is 379 g/mol. The molecule has 9 heteroatoms. The predicted molar refractivity (Wildman–Crippen MR) is 96.3 cm³/mol. The van der Waals surface area contributed by atoms with Gasteiger partial charge >= 0.3 is 0 Å². The molecular formula is C16H14ClN3O4S. The highest BCUT2D eigenvalue weighted by molar-refractivity contribution is 7.99. The molecule has 0 unspecified atom stereocenters. The lowest BCUT2D eigenvalue weighted by Crippen LogP contribution is -2.42. The smallest absolute Gasteiger partial charge is 0.269 e. The lowest BCUT2D eigenvalue weighted by Gasteiger charge is -2.07. The van der Waals surface area contributed by atoms with Crippen LogP contribution < -0.4 is 10.9 Å². The van der Waals surface area contributed by atoms with E-state index in [2.05, 4.69) is 10.9 Å². The Morgan fingerprint density at radius 2 is 1.84 bits per heavy atom. The maximum atomic E-state index is 11.8. The summed E-state index contributed by atoms with van der Waals surface area (Å²) in [5.41, 5.74) is 5.65. The van der Waals surface area contributed by atoms with E-state index in [1.54, 1.807) is 6.07 Å². The number of non-ortho nitro benzene ring substituents is 1. The van der Waals surface area contributed by atoms with Crippen molar-refractivity contribution in [3.8, 4) is 0 Å². The summed E-state index contributed by atoms with van der Waals surface area (Å²) < 4.78 is 0. The molecule has 7 nitrogen and oxygen atoms in total. The summed E-state index contributed by atoms with van der Waals surface area (Å²) in [6.07, 6.45) is 0. The predicted octanol–water partition coefficient (Wildman–Crippen LogP) is 2.94. The van der Waals surface area contributed by atoms with Gasteiger partial charge in [0.1, 0.15) is 0 Å². The Balaban J connectivity index is 1.73. The molecule has 130 valence electrons. The SMILES string of the molecule is O=C(CSCc1cccc(Cl)c1)NNC(=O)c1ccc([N+](=O)[O-])cc1. The van der Waals surface area contributed by atoms with Gasteiger partial charge in [0.25, 0.3) is 11.6 Å². The summed E-state index contributed by atoms with van der Waals surface area (Å²) in [6.45, 7) is 0. The average molecular weight is 380 g/mol. The molecule has 0 radical (unpaired) electrons. The number of nitrogens with one attached hydrogen (secondary N) is 2. The fourth-order valence-corrected chi connectivity index (χ4v) is 2.85. The number of thioether (sulfide) groups is 1. The Morgan fingerprint density at radius 3 is 2.48 bits per heavy atom. The van der Waals surface area contributed by atoms with E-state index >= 15 is 0 Å². The molecule has 0 heterocycles. The van der Waals surface area contributed by atoms with Gasteiger partial charge in [-0.2, -0.15) is 0 Å². The van der Waals surface area contributed by atoms with Crippen molar-refractivity contribution in [1.82, 2.24) is 10.9 Å². The van der Waals surface area contributed by atoms with Crippen molar-refractivity contribution in [3.05, 3.63) is 74.8 Å². The number of benzene rings is 2. The van der Waals surface area contributed by atoms with Crippen LogP contribution in [0.3, 0.4) is 0 Å². The van der Waals surface area contributed by atoms with Crippen LogP contribution in [0, 0.1) is 10.1 Å². The number of amides is 2. The topological polar surface area (TPSA) is 101 Å².